The molecule has 0 aromatic carbocycles. The summed E-state index contributed by atoms with van der Waals surface area (Å²) in [6.45, 7) is 6.31. The van der Waals surface area contributed by atoms with E-state index in [2.05, 4.69) is 4.98 Å². The lowest BCUT2D eigenvalue weighted by Crippen LogP contribution is -2.48. The number of piperidine rings is 1. The van der Waals surface area contributed by atoms with Crippen LogP contribution in [0.25, 0.3) is 0 Å². The first kappa shape index (κ1) is 14.0. The highest BCUT2D eigenvalue weighted by Crippen LogP contribution is 2.31. The number of carbonyl (C=O) groups is 2. The number of likely N-dealkylation sites (tertiary alicyclic amines) is 1. The van der Waals surface area contributed by atoms with Crippen molar-refractivity contribution in [1.29, 1.82) is 0 Å². The minimum Gasteiger partial charge on any atom is -0.481 e. The lowest BCUT2D eigenvalue weighted by Gasteiger charge is -2.37. The average Bonchev–Trinajstić information content (AvgIpc) is 2.67. The number of aryl methyl sites for hydroxylation is 2. The highest BCUT2D eigenvalue weighted by Gasteiger charge is 2.40. The Balaban J connectivity index is 2.20. The third-order valence-corrected chi connectivity index (χ3v) is 4.49. The van der Waals surface area contributed by atoms with Crippen LogP contribution >= 0.6 is 11.3 Å². The van der Waals surface area contributed by atoms with Crippen molar-refractivity contribution in [3.05, 3.63) is 15.6 Å². The van der Waals surface area contributed by atoms with Crippen LogP contribution in [0.2, 0.25) is 0 Å². The Bertz CT molecular complexity index is 526. The summed E-state index contributed by atoms with van der Waals surface area (Å²) in [5.41, 5.74) is -0.371. The summed E-state index contributed by atoms with van der Waals surface area (Å²) in [5, 5.41) is 10.1. The number of carboxylic acid groups (broad SMARTS) is 1. The predicted octanol–water partition coefficient (Wildman–Crippen LogP) is 2.09. The quantitative estimate of drug-likeness (QED) is 0.901. The fraction of sp³-hybridized carbons (Fsp3) is 0.615. The molecule has 19 heavy (non-hydrogen) atoms. The van der Waals surface area contributed by atoms with E-state index in [0.717, 1.165) is 16.3 Å². The van der Waals surface area contributed by atoms with Gasteiger partial charge in [-0.2, -0.15) is 0 Å². The maximum Gasteiger partial charge on any atom is 0.311 e. The number of rotatable bonds is 2. The van der Waals surface area contributed by atoms with Gasteiger partial charge in [-0.05, 0) is 33.6 Å². The van der Waals surface area contributed by atoms with E-state index in [4.69, 9.17) is 0 Å². The van der Waals surface area contributed by atoms with Crippen LogP contribution in [0.4, 0.5) is 0 Å². The first-order valence-corrected chi connectivity index (χ1v) is 7.12. The molecule has 1 unspecified atom stereocenters. The summed E-state index contributed by atoms with van der Waals surface area (Å²) in [5.74, 6) is -0.981. The number of hydrogen-bond acceptors (Lipinski definition) is 4. The first-order chi connectivity index (χ1) is 8.83. The highest BCUT2D eigenvalue weighted by atomic mass is 32.1. The molecule has 1 saturated heterocycles. The van der Waals surface area contributed by atoms with E-state index in [1.807, 2.05) is 13.8 Å². The molecular weight excluding hydrogens is 264 g/mol. The number of nitrogens with zero attached hydrogens (tertiary/aromatic N) is 2. The number of amides is 1. The molecule has 104 valence electrons. The predicted molar refractivity (Wildman–Crippen MR) is 72.5 cm³/mol. The lowest BCUT2D eigenvalue weighted by atomic mass is 9.82. The second-order valence-corrected chi connectivity index (χ2v) is 6.74. The number of carboxylic acids is 1. The molecule has 0 bridgehead atoms. The van der Waals surface area contributed by atoms with Crippen molar-refractivity contribution >= 4 is 23.2 Å². The number of aromatic nitrogens is 1. The average molecular weight is 282 g/mol. The van der Waals surface area contributed by atoms with Crippen LogP contribution in [0.3, 0.4) is 0 Å². The zero-order chi connectivity index (χ0) is 14.2. The molecule has 0 aliphatic carbocycles. The van der Waals surface area contributed by atoms with E-state index >= 15 is 0 Å². The summed E-state index contributed by atoms with van der Waals surface area (Å²) in [6.07, 6.45) is 1.33. The van der Waals surface area contributed by atoms with Gasteiger partial charge in [0.05, 0.1) is 10.4 Å². The lowest BCUT2D eigenvalue weighted by molar-refractivity contribution is -0.150. The van der Waals surface area contributed by atoms with E-state index in [1.165, 1.54) is 11.3 Å². The van der Waals surface area contributed by atoms with Crippen LogP contribution in [0.5, 0.6) is 0 Å². The SMILES string of the molecule is Cc1nc(C(=O)N2CCCC(C)(C(=O)O)C2)c(C)s1. The van der Waals surface area contributed by atoms with Gasteiger partial charge in [0.25, 0.3) is 5.91 Å². The Labute approximate surface area is 116 Å². The topological polar surface area (TPSA) is 70.5 Å². The third kappa shape index (κ3) is 2.63. The van der Waals surface area contributed by atoms with Gasteiger partial charge in [0.2, 0.25) is 0 Å². The summed E-state index contributed by atoms with van der Waals surface area (Å²) >= 11 is 1.49. The van der Waals surface area contributed by atoms with E-state index in [0.29, 0.717) is 18.7 Å². The molecule has 0 spiro atoms. The second-order valence-electron chi connectivity index (χ2n) is 5.33. The minimum atomic E-state index is -0.840. The van der Waals surface area contributed by atoms with Crippen LogP contribution in [0.15, 0.2) is 0 Å². The molecule has 1 N–H and O–H groups in total. The molecular formula is C13H18N2O3S. The van der Waals surface area contributed by atoms with Crippen LogP contribution in [-0.4, -0.2) is 40.0 Å². The number of hydrogen-bond donors (Lipinski definition) is 1. The van der Waals surface area contributed by atoms with Crippen molar-refractivity contribution in [2.75, 3.05) is 13.1 Å². The molecule has 1 fully saturated rings. The van der Waals surface area contributed by atoms with Gasteiger partial charge in [0.15, 0.2) is 0 Å². The Kier molecular flexibility index (Phi) is 3.62. The van der Waals surface area contributed by atoms with Crippen molar-refractivity contribution in [3.63, 3.8) is 0 Å². The van der Waals surface area contributed by atoms with Crippen molar-refractivity contribution < 1.29 is 14.7 Å². The fourth-order valence-corrected chi connectivity index (χ4v) is 3.27. The molecule has 1 aliphatic rings. The monoisotopic (exact) mass is 282 g/mol. The van der Waals surface area contributed by atoms with Gasteiger partial charge >= 0.3 is 5.97 Å². The van der Waals surface area contributed by atoms with Crippen molar-refractivity contribution in [1.82, 2.24) is 9.88 Å². The van der Waals surface area contributed by atoms with E-state index in [9.17, 15) is 14.7 Å². The number of aliphatic carboxylic acids is 1. The van der Waals surface area contributed by atoms with Crippen molar-refractivity contribution in [2.45, 2.75) is 33.6 Å². The van der Waals surface area contributed by atoms with Gasteiger partial charge in [-0.3, -0.25) is 9.59 Å². The smallest absolute Gasteiger partial charge is 0.311 e. The molecule has 1 atom stereocenters. The van der Waals surface area contributed by atoms with Gasteiger partial charge in [-0.15, -0.1) is 11.3 Å². The van der Waals surface area contributed by atoms with Gasteiger partial charge in [0, 0.05) is 18.0 Å². The summed E-state index contributed by atoms with van der Waals surface area (Å²) in [7, 11) is 0. The molecule has 1 aliphatic heterocycles. The zero-order valence-electron chi connectivity index (χ0n) is 11.4. The van der Waals surface area contributed by atoms with Gasteiger partial charge < -0.3 is 10.0 Å². The molecule has 1 aromatic heterocycles. The van der Waals surface area contributed by atoms with Gasteiger partial charge in [-0.1, -0.05) is 0 Å². The fourth-order valence-electron chi connectivity index (χ4n) is 2.46. The number of thiazole rings is 1. The van der Waals surface area contributed by atoms with Gasteiger partial charge in [-0.25, -0.2) is 4.98 Å². The molecule has 2 heterocycles. The Morgan fingerprint density at radius 1 is 1.42 bits per heavy atom. The summed E-state index contributed by atoms with van der Waals surface area (Å²) in [6, 6.07) is 0. The summed E-state index contributed by atoms with van der Waals surface area (Å²) in [4.78, 5) is 30.5. The molecule has 0 radical (unpaired) electrons. The Morgan fingerprint density at radius 2 is 2.11 bits per heavy atom. The molecule has 1 aromatic rings. The standard InChI is InChI=1S/C13H18N2O3S/c1-8-10(14-9(2)19-8)11(16)15-6-4-5-13(3,7-15)12(17)18/h4-7H2,1-3H3,(H,17,18). The number of carbonyl (C=O) groups excluding carboxylic acids is 1. The van der Waals surface area contributed by atoms with Crippen molar-refractivity contribution in [2.24, 2.45) is 5.41 Å². The molecule has 5 nitrogen and oxygen atoms in total. The Morgan fingerprint density at radius 3 is 2.63 bits per heavy atom. The van der Waals surface area contributed by atoms with Crippen LogP contribution in [0, 0.1) is 19.3 Å². The first-order valence-electron chi connectivity index (χ1n) is 6.30. The maximum atomic E-state index is 12.4. The molecule has 0 saturated carbocycles. The molecule has 2 rings (SSSR count). The van der Waals surface area contributed by atoms with E-state index < -0.39 is 11.4 Å². The maximum absolute atomic E-state index is 12.4. The minimum absolute atomic E-state index is 0.144. The zero-order valence-corrected chi connectivity index (χ0v) is 12.2. The Hall–Kier alpha value is -1.43. The summed E-state index contributed by atoms with van der Waals surface area (Å²) < 4.78 is 0. The molecule has 6 heteroatoms. The highest BCUT2D eigenvalue weighted by molar-refractivity contribution is 7.11. The third-order valence-electron chi connectivity index (χ3n) is 3.61. The van der Waals surface area contributed by atoms with E-state index in [-0.39, 0.29) is 12.5 Å². The van der Waals surface area contributed by atoms with Crippen LogP contribution in [0.1, 0.15) is 40.1 Å². The van der Waals surface area contributed by atoms with Crippen LogP contribution < -0.4 is 0 Å². The molecule has 1 amide bonds. The van der Waals surface area contributed by atoms with Crippen LogP contribution in [-0.2, 0) is 4.79 Å². The van der Waals surface area contributed by atoms with Gasteiger partial charge in [0.1, 0.15) is 5.69 Å². The normalized spacial score (nSPS) is 23.4. The second kappa shape index (κ2) is 4.92. The van der Waals surface area contributed by atoms with Crippen molar-refractivity contribution in [3.8, 4) is 0 Å². The van der Waals surface area contributed by atoms with E-state index in [1.54, 1.807) is 11.8 Å². The largest absolute Gasteiger partial charge is 0.481 e.